The zero-order valence-corrected chi connectivity index (χ0v) is 19.8. The Bertz CT molecular complexity index is 964. The molecular formula is C24H33N5O5. The molecule has 0 spiro atoms. The molecule has 1 aromatic heterocycles. The summed E-state index contributed by atoms with van der Waals surface area (Å²) in [5, 5.41) is 12.5. The Balaban J connectivity index is 1.46. The summed E-state index contributed by atoms with van der Waals surface area (Å²) in [7, 11) is 0. The Kier molecular flexibility index (Phi) is 9.00. The van der Waals surface area contributed by atoms with Gasteiger partial charge in [-0.3, -0.25) is 14.4 Å². The van der Waals surface area contributed by atoms with Crippen molar-refractivity contribution in [1.29, 1.82) is 0 Å². The maximum atomic E-state index is 12.2. The van der Waals surface area contributed by atoms with Gasteiger partial charge in [-0.1, -0.05) is 30.8 Å². The fraction of sp³-hybridized carbons (Fsp3) is 0.542. The highest BCUT2D eigenvalue weighted by molar-refractivity contribution is 5.94. The largest absolute Gasteiger partial charge is 0.494 e. The van der Waals surface area contributed by atoms with Crippen molar-refractivity contribution < 1.29 is 23.6 Å². The van der Waals surface area contributed by atoms with E-state index in [-0.39, 0.29) is 37.1 Å². The quantitative estimate of drug-likeness (QED) is 0.453. The number of aromatic nitrogens is 2. The molecule has 1 aliphatic carbocycles. The predicted molar refractivity (Wildman–Crippen MR) is 125 cm³/mol. The number of nitrogens with zero attached hydrogens (tertiary/aromatic N) is 2. The second-order valence-corrected chi connectivity index (χ2v) is 8.47. The molecule has 1 saturated carbocycles. The molecule has 3 N–H and O–H groups in total. The van der Waals surface area contributed by atoms with Crippen LogP contribution in [0.15, 0.2) is 28.8 Å². The van der Waals surface area contributed by atoms with Crippen LogP contribution in [0.25, 0.3) is 0 Å². The molecule has 2 aromatic rings. The van der Waals surface area contributed by atoms with E-state index in [9.17, 15) is 14.4 Å². The van der Waals surface area contributed by atoms with Crippen LogP contribution in [0.2, 0.25) is 0 Å². The van der Waals surface area contributed by atoms with Crippen molar-refractivity contribution in [3.8, 4) is 5.75 Å². The standard InChI is InChI=1S/C24H33N5O5/c1-3-33-19-10-8-18(9-11-19)26-21(32)16-25-20(31)12-13-22-27-23(29-34-22)24(28-17(2)30)14-6-4-5-7-15-24/h8-11H,3-7,12-16H2,1-2H3,(H,25,31)(H,26,32)(H,28,30). The third-order valence-corrected chi connectivity index (χ3v) is 5.73. The van der Waals surface area contributed by atoms with E-state index in [1.807, 2.05) is 6.92 Å². The van der Waals surface area contributed by atoms with Crippen molar-refractivity contribution in [2.75, 3.05) is 18.5 Å². The summed E-state index contributed by atoms with van der Waals surface area (Å²) in [5.41, 5.74) is -0.00150. The van der Waals surface area contributed by atoms with Crippen LogP contribution in [0.1, 0.15) is 70.5 Å². The molecule has 1 heterocycles. The van der Waals surface area contributed by atoms with Gasteiger partial charge in [0, 0.05) is 25.5 Å². The predicted octanol–water partition coefficient (Wildman–Crippen LogP) is 2.84. The SMILES string of the molecule is CCOc1ccc(NC(=O)CNC(=O)CCc2nc(C3(NC(C)=O)CCCCCC3)no2)cc1. The molecule has 0 atom stereocenters. The highest BCUT2D eigenvalue weighted by Gasteiger charge is 2.38. The molecule has 0 unspecified atom stereocenters. The van der Waals surface area contributed by atoms with Crippen LogP contribution in [0.3, 0.4) is 0 Å². The lowest BCUT2D eigenvalue weighted by atomic mass is 9.89. The summed E-state index contributed by atoms with van der Waals surface area (Å²) in [5.74, 6) is 0.764. The van der Waals surface area contributed by atoms with Crippen LogP contribution in [0.4, 0.5) is 5.69 Å². The smallest absolute Gasteiger partial charge is 0.243 e. The van der Waals surface area contributed by atoms with Crippen LogP contribution in [-0.4, -0.2) is 41.0 Å². The number of ether oxygens (including phenoxy) is 1. The second kappa shape index (κ2) is 12.2. The first-order valence-corrected chi connectivity index (χ1v) is 11.8. The molecule has 0 aliphatic heterocycles. The van der Waals surface area contributed by atoms with Gasteiger partial charge in [0.25, 0.3) is 0 Å². The van der Waals surface area contributed by atoms with E-state index in [1.165, 1.54) is 6.92 Å². The summed E-state index contributed by atoms with van der Waals surface area (Å²) >= 11 is 0. The molecule has 10 heteroatoms. The van der Waals surface area contributed by atoms with Crippen molar-refractivity contribution >= 4 is 23.4 Å². The van der Waals surface area contributed by atoms with Gasteiger partial charge in [0.15, 0.2) is 5.82 Å². The van der Waals surface area contributed by atoms with Crippen molar-refractivity contribution in [2.45, 2.75) is 70.8 Å². The summed E-state index contributed by atoms with van der Waals surface area (Å²) in [6.07, 6.45) is 6.04. The van der Waals surface area contributed by atoms with E-state index >= 15 is 0 Å². The van der Waals surface area contributed by atoms with E-state index < -0.39 is 5.54 Å². The van der Waals surface area contributed by atoms with Crippen LogP contribution < -0.4 is 20.7 Å². The van der Waals surface area contributed by atoms with Crippen LogP contribution in [0, 0.1) is 0 Å². The number of benzene rings is 1. The lowest BCUT2D eigenvalue weighted by molar-refractivity contribution is -0.124. The number of anilines is 1. The number of rotatable bonds is 10. The van der Waals surface area contributed by atoms with Gasteiger partial charge in [-0.25, -0.2) is 0 Å². The van der Waals surface area contributed by atoms with E-state index in [0.29, 0.717) is 24.0 Å². The minimum absolute atomic E-state index is 0.102. The van der Waals surface area contributed by atoms with Gasteiger partial charge in [-0.15, -0.1) is 0 Å². The van der Waals surface area contributed by atoms with E-state index in [1.54, 1.807) is 24.3 Å². The maximum Gasteiger partial charge on any atom is 0.243 e. The van der Waals surface area contributed by atoms with Crippen molar-refractivity contribution in [1.82, 2.24) is 20.8 Å². The average molecular weight is 472 g/mol. The third kappa shape index (κ3) is 7.29. The molecule has 1 fully saturated rings. The fourth-order valence-electron chi connectivity index (χ4n) is 4.12. The van der Waals surface area contributed by atoms with E-state index in [2.05, 4.69) is 26.1 Å². The first-order valence-electron chi connectivity index (χ1n) is 11.8. The van der Waals surface area contributed by atoms with Crippen LogP contribution in [0.5, 0.6) is 5.75 Å². The molecule has 3 rings (SSSR count). The number of amides is 3. The number of aryl methyl sites for hydroxylation is 1. The topological polar surface area (TPSA) is 135 Å². The van der Waals surface area contributed by atoms with Crippen molar-refractivity contribution in [2.24, 2.45) is 0 Å². The first-order chi connectivity index (χ1) is 16.4. The number of carbonyl (C=O) groups is 3. The highest BCUT2D eigenvalue weighted by atomic mass is 16.5. The molecule has 184 valence electrons. The summed E-state index contributed by atoms with van der Waals surface area (Å²) in [4.78, 5) is 40.6. The van der Waals surface area contributed by atoms with Gasteiger partial charge in [0.05, 0.1) is 13.2 Å². The fourth-order valence-corrected chi connectivity index (χ4v) is 4.12. The van der Waals surface area contributed by atoms with Crippen molar-refractivity contribution in [3.63, 3.8) is 0 Å². The molecule has 1 aromatic carbocycles. The molecule has 0 bridgehead atoms. The molecule has 0 radical (unpaired) electrons. The van der Waals surface area contributed by atoms with Gasteiger partial charge in [-0.05, 0) is 44.0 Å². The number of hydrogen-bond donors (Lipinski definition) is 3. The van der Waals surface area contributed by atoms with Crippen LogP contribution >= 0.6 is 0 Å². The van der Waals surface area contributed by atoms with Gasteiger partial charge in [0.1, 0.15) is 11.3 Å². The van der Waals surface area contributed by atoms with Gasteiger partial charge in [-0.2, -0.15) is 4.98 Å². The zero-order chi connectivity index (χ0) is 24.4. The number of carbonyl (C=O) groups excluding carboxylic acids is 3. The number of hydrogen-bond acceptors (Lipinski definition) is 7. The minimum Gasteiger partial charge on any atom is -0.494 e. The molecule has 1 aliphatic rings. The lowest BCUT2D eigenvalue weighted by Crippen LogP contribution is -2.45. The van der Waals surface area contributed by atoms with Crippen molar-refractivity contribution in [3.05, 3.63) is 36.0 Å². The Morgan fingerprint density at radius 1 is 1.06 bits per heavy atom. The Morgan fingerprint density at radius 2 is 1.76 bits per heavy atom. The Labute approximate surface area is 199 Å². The summed E-state index contributed by atoms with van der Waals surface area (Å²) in [6.45, 7) is 3.81. The molecule has 3 amide bonds. The average Bonchev–Trinajstić information content (AvgIpc) is 3.17. The minimum atomic E-state index is -0.620. The lowest BCUT2D eigenvalue weighted by Gasteiger charge is -2.30. The number of nitrogens with one attached hydrogen (secondary N) is 3. The second-order valence-electron chi connectivity index (χ2n) is 8.47. The molecule has 34 heavy (non-hydrogen) atoms. The monoisotopic (exact) mass is 471 g/mol. The van der Waals surface area contributed by atoms with Gasteiger partial charge in [0.2, 0.25) is 23.6 Å². The third-order valence-electron chi connectivity index (χ3n) is 5.73. The normalized spacial score (nSPS) is 15.1. The van der Waals surface area contributed by atoms with E-state index in [4.69, 9.17) is 9.26 Å². The van der Waals surface area contributed by atoms with Gasteiger partial charge < -0.3 is 25.2 Å². The van der Waals surface area contributed by atoms with Gasteiger partial charge >= 0.3 is 0 Å². The molecule has 10 nitrogen and oxygen atoms in total. The summed E-state index contributed by atoms with van der Waals surface area (Å²) in [6, 6.07) is 7.00. The Hall–Kier alpha value is -3.43. The first kappa shape index (κ1) is 25.2. The summed E-state index contributed by atoms with van der Waals surface area (Å²) < 4.78 is 10.7. The van der Waals surface area contributed by atoms with E-state index in [0.717, 1.165) is 44.3 Å². The van der Waals surface area contributed by atoms with Crippen LogP contribution in [-0.2, 0) is 26.3 Å². The highest BCUT2D eigenvalue weighted by Crippen LogP contribution is 2.34. The zero-order valence-electron chi connectivity index (χ0n) is 19.8. The molecule has 0 saturated heterocycles. The maximum absolute atomic E-state index is 12.2. The Morgan fingerprint density at radius 3 is 2.41 bits per heavy atom. The molecular weight excluding hydrogens is 438 g/mol.